The standard InChI is InChI=1S/C5H6FNO2/c1-2-9-5(8)4(6)3-7/h4H,2H2,1H3. The Labute approximate surface area is 52.0 Å². The third-order valence-electron chi connectivity index (χ3n) is 0.607. The van der Waals surface area contributed by atoms with E-state index in [4.69, 9.17) is 5.26 Å². The molecule has 0 aromatic rings. The van der Waals surface area contributed by atoms with Gasteiger partial charge in [0.25, 0.3) is 6.17 Å². The summed E-state index contributed by atoms with van der Waals surface area (Å²) in [5, 5.41) is 7.81. The predicted octanol–water partition coefficient (Wildman–Crippen LogP) is 0.411. The van der Waals surface area contributed by atoms with Crippen LogP contribution in [0.15, 0.2) is 0 Å². The zero-order valence-electron chi connectivity index (χ0n) is 4.93. The summed E-state index contributed by atoms with van der Waals surface area (Å²) < 4.78 is 16.0. The molecule has 3 nitrogen and oxygen atoms in total. The molecule has 0 bridgehead atoms. The van der Waals surface area contributed by atoms with Gasteiger partial charge in [0, 0.05) is 0 Å². The van der Waals surface area contributed by atoms with Crippen LogP contribution in [0.5, 0.6) is 0 Å². The van der Waals surface area contributed by atoms with Crippen LogP contribution >= 0.6 is 0 Å². The van der Waals surface area contributed by atoms with E-state index in [1.807, 2.05) is 0 Å². The lowest BCUT2D eigenvalue weighted by Gasteiger charge is -1.97. The van der Waals surface area contributed by atoms with Crippen molar-refractivity contribution in [3.05, 3.63) is 0 Å². The second-order valence-corrected chi connectivity index (χ2v) is 1.24. The number of hydrogen-bond acceptors (Lipinski definition) is 3. The van der Waals surface area contributed by atoms with Crippen LogP contribution in [0.2, 0.25) is 0 Å². The fraction of sp³-hybridized carbons (Fsp3) is 0.600. The monoisotopic (exact) mass is 131 g/mol. The van der Waals surface area contributed by atoms with E-state index in [2.05, 4.69) is 4.74 Å². The van der Waals surface area contributed by atoms with Crippen LogP contribution < -0.4 is 0 Å². The van der Waals surface area contributed by atoms with Gasteiger partial charge in [0.2, 0.25) is 0 Å². The van der Waals surface area contributed by atoms with Gasteiger partial charge in [-0.3, -0.25) is 0 Å². The van der Waals surface area contributed by atoms with E-state index in [1.165, 1.54) is 0 Å². The number of esters is 1. The zero-order chi connectivity index (χ0) is 7.28. The number of carbonyl (C=O) groups excluding carboxylic acids is 1. The van der Waals surface area contributed by atoms with Gasteiger partial charge in [-0.05, 0) is 6.92 Å². The molecule has 0 fully saturated rings. The van der Waals surface area contributed by atoms with Crippen LogP contribution in [0.25, 0.3) is 0 Å². The molecule has 0 saturated carbocycles. The first-order chi connectivity index (χ1) is 4.22. The average molecular weight is 131 g/mol. The van der Waals surface area contributed by atoms with Crippen molar-refractivity contribution >= 4 is 5.97 Å². The molecule has 0 radical (unpaired) electrons. The number of nitrogens with zero attached hydrogens (tertiary/aromatic N) is 1. The van der Waals surface area contributed by atoms with Crippen molar-refractivity contribution in [2.75, 3.05) is 6.61 Å². The highest BCUT2D eigenvalue weighted by atomic mass is 19.1. The lowest BCUT2D eigenvalue weighted by Crippen LogP contribution is -2.16. The third kappa shape index (κ3) is 2.65. The Morgan fingerprint density at radius 3 is 2.89 bits per heavy atom. The van der Waals surface area contributed by atoms with Crippen LogP contribution in [0.4, 0.5) is 4.39 Å². The SMILES string of the molecule is CCOC(=O)C(F)C#N. The second-order valence-electron chi connectivity index (χ2n) is 1.24. The first-order valence-electron chi connectivity index (χ1n) is 2.42. The van der Waals surface area contributed by atoms with Gasteiger partial charge in [0.1, 0.15) is 6.07 Å². The molecular formula is C5H6FNO2. The largest absolute Gasteiger partial charge is 0.463 e. The van der Waals surface area contributed by atoms with Crippen molar-refractivity contribution in [2.45, 2.75) is 13.1 Å². The van der Waals surface area contributed by atoms with E-state index in [0.717, 1.165) is 6.07 Å². The van der Waals surface area contributed by atoms with Gasteiger partial charge in [-0.25, -0.2) is 9.18 Å². The minimum absolute atomic E-state index is 0.0981. The van der Waals surface area contributed by atoms with Gasteiger partial charge < -0.3 is 4.74 Å². The van der Waals surface area contributed by atoms with E-state index in [1.54, 1.807) is 6.92 Å². The molecular weight excluding hydrogens is 125 g/mol. The van der Waals surface area contributed by atoms with Crippen LogP contribution in [0.3, 0.4) is 0 Å². The van der Waals surface area contributed by atoms with Gasteiger partial charge in [0.15, 0.2) is 0 Å². The molecule has 0 saturated heterocycles. The fourth-order valence-corrected chi connectivity index (χ4v) is 0.268. The molecule has 0 rings (SSSR count). The van der Waals surface area contributed by atoms with Gasteiger partial charge >= 0.3 is 5.97 Å². The summed E-state index contributed by atoms with van der Waals surface area (Å²) in [5.41, 5.74) is 0. The Balaban J connectivity index is 3.63. The lowest BCUT2D eigenvalue weighted by atomic mass is 10.4. The molecule has 0 spiro atoms. The molecule has 0 aromatic heterocycles. The molecule has 0 aliphatic carbocycles. The van der Waals surface area contributed by atoms with Crippen LogP contribution in [0.1, 0.15) is 6.92 Å². The number of ether oxygens (including phenoxy) is 1. The van der Waals surface area contributed by atoms with Crippen molar-refractivity contribution in [3.8, 4) is 6.07 Å². The molecule has 0 amide bonds. The molecule has 0 aromatic carbocycles. The highest BCUT2D eigenvalue weighted by Gasteiger charge is 2.15. The maximum Gasteiger partial charge on any atom is 0.355 e. The van der Waals surface area contributed by atoms with Crippen molar-refractivity contribution in [1.82, 2.24) is 0 Å². The smallest absolute Gasteiger partial charge is 0.355 e. The molecule has 4 heteroatoms. The minimum Gasteiger partial charge on any atom is -0.463 e. The summed E-state index contributed by atoms with van der Waals surface area (Å²) in [5.74, 6) is -1.11. The maximum atomic E-state index is 11.9. The second kappa shape index (κ2) is 3.84. The first kappa shape index (κ1) is 7.89. The Morgan fingerprint density at radius 1 is 2.00 bits per heavy atom. The Morgan fingerprint density at radius 2 is 2.56 bits per heavy atom. The zero-order valence-corrected chi connectivity index (χ0v) is 4.93. The van der Waals surface area contributed by atoms with Gasteiger partial charge in [-0.1, -0.05) is 0 Å². The summed E-state index contributed by atoms with van der Waals surface area (Å²) in [6, 6.07) is 1.11. The van der Waals surface area contributed by atoms with Crippen molar-refractivity contribution in [1.29, 1.82) is 5.26 Å². The number of hydrogen-bond donors (Lipinski definition) is 0. The Kier molecular flexibility index (Phi) is 3.37. The molecule has 0 aliphatic heterocycles. The third-order valence-corrected chi connectivity index (χ3v) is 0.607. The van der Waals surface area contributed by atoms with E-state index in [-0.39, 0.29) is 6.61 Å². The Hall–Kier alpha value is -1.11. The summed E-state index contributed by atoms with van der Waals surface area (Å²) in [6.07, 6.45) is -2.13. The summed E-state index contributed by atoms with van der Waals surface area (Å²) in [6.45, 7) is 1.64. The molecule has 0 heterocycles. The molecule has 0 aliphatic rings. The van der Waals surface area contributed by atoms with Crippen molar-refractivity contribution in [2.24, 2.45) is 0 Å². The predicted molar refractivity (Wildman–Crippen MR) is 27.1 cm³/mol. The van der Waals surface area contributed by atoms with Crippen molar-refractivity contribution in [3.63, 3.8) is 0 Å². The number of rotatable bonds is 2. The highest BCUT2D eigenvalue weighted by molar-refractivity contribution is 5.77. The number of alkyl halides is 1. The number of halogens is 1. The molecule has 9 heavy (non-hydrogen) atoms. The fourth-order valence-electron chi connectivity index (χ4n) is 0.268. The molecule has 1 unspecified atom stereocenters. The maximum absolute atomic E-state index is 11.9. The summed E-state index contributed by atoms with van der Waals surface area (Å²) in [4.78, 5) is 10.2. The average Bonchev–Trinajstić information content (AvgIpc) is 1.87. The quantitative estimate of drug-likeness (QED) is 0.510. The van der Waals surface area contributed by atoms with E-state index < -0.39 is 12.1 Å². The molecule has 50 valence electrons. The van der Waals surface area contributed by atoms with E-state index >= 15 is 0 Å². The lowest BCUT2D eigenvalue weighted by molar-refractivity contribution is -0.146. The van der Waals surface area contributed by atoms with E-state index in [0.29, 0.717) is 0 Å². The topological polar surface area (TPSA) is 50.1 Å². The van der Waals surface area contributed by atoms with Gasteiger partial charge in [-0.2, -0.15) is 5.26 Å². The first-order valence-corrected chi connectivity index (χ1v) is 2.42. The summed E-state index contributed by atoms with van der Waals surface area (Å²) in [7, 11) is 0. The minimum atomic E-state index is -2.13. The number of nitriles is 1. The van der Waals surface area contributed by atoms with Crippen LogP contribution in [-0.2, 0) is 9.53 Å². The highest BCUT2D eigenvalue weighted by Crippen LogP contribution is 1.90. The molecule has 0 N–H and O–H groups in total. The van der Waals surface area contributed by atoms with E-state index in [9.17, 15) is 9.18 Å². The van der Waals surface area contributed by atoms with Crippen LogP contribution in [-0.4, -0.2) is 18.7 Å². The van der Waals surface area contributed by atoms with Crippen molar-refractivity contribution < 1.29 is 13.9 Å². The van der Waals surface area contributed by atoms with Gasteiger partial charge in [0.05, 0.1) is 6.61 Å². The molecule has 1 atom stereocenters. The normalized spacial score (nSPS) is 11.7. The summed E-state index contributed by atoms with van der Waals surface area (Å²) >= 11 is 0. The number of carbonyl (C=O) groups is 1. The Bertz CT molecular complexity index is 140. The van der Waals surface area contributed by atoms with Gasteiger partial charge in [-0.15, -0.1) is 0 Å². The van der Waals surface area contributed by atoms with Crippen LogP contribution in [0, 0.1) is 11.3 Å².